The lowest BCUT2D eigenvalue weighted by molar-refractivity contribution is -0.137. The minimum atomic E-state index is 0.231. The highest BCUT2D eigenvalue weighted by molar-refractivity contribution is 5.80. The zero-order valence-electron chi connectivity index (χ0n) is 10.1. The maximum Gasteiger partial charge on any atom is 0.226 e. The molecule has 0 aromatic rings. The Morgan fingerprint density at radius 2 is 1.94 bits per heavy atom. The molecule has 2 aliphatic rings. The molecule has 1 amide bonds. The Labute approximate surface area is 97.9 Å². The zero-order chi connectivity index (χ0) is 11.4. The Balaban J connectivity index is 1.94. The summed E-state index contributed by atoms with van der Waals surface area (Å²) in [5.74, 6) is 0.606. The van der Waals surface area contributed by atoms with Crippen molar-refractivity contribution < 1.29 is 4.79 Å². The molecule has 0 spiro atoms. The largest absolute Gasteiger partial charge is 0.340 e. The molecule has 0 saturated carbocycles. The van der Waals surface area contributed by atoms with E-state index in [2.05, 4.69) is 29.3 Å². The fourth-order valence-corrected chi connectivity index (χ4v) is 2.77. The SMILES string of the molecule is CCN(C(=O)C1CC=CC1)C1CCNCC1. The standard InChI is InChI=1S/C13H22N2O/c1-2-15(12-7-9-14-10-8-12)13(16)11-5-3-4-6-11/h3-4,11-12,14H,2,5-10H2,1H3. The van der Waals surface area contributed by atoms with Crippen molar-refractivity contribution in [1.82, 2.24) is 10.2 Å². The van der Waals surface area contributed by atoms with Gasteiger partial charge in [0, 0.05) is 18.5 Å². The third-order valence-electron chi connectivity index (χ3n) is 3.73. The molecule has 0 unspecified atom stereocenters. The van der Waals surface area contributed by atoms with Crippen molar-refractivity contribution in [1.29, 1.82) is 0 Å². The second-order valence-electron chi connectivity index (χ2n) is 4.75. The van der Waals surface area contributed by atoms with E-state index in [1.807, 2.05) is 0 Å². The van der Waals surface area contributed by atoms with Crippen LogP contribution < -0.4 is 5.32 Å². The smallest absolute Gasteiger partial charge is 0.226 e. The Hall–Kier alpha value is -0.830. The van der Waals surface area contributed by atoms with Crippen molar-refractivity contribution in [2.24, 2.45) is 5.92 Å². The topological polar surface area (TPSA) is 32.3 Å². The van der Waals surface area contributed by atoms with Gasteiger partial charge in [0.1, 0.15) is 0 Å². The van der Waals surface area contributed by atoms with Crippen molar-refractivity contribution in [3.8, 4) is 0 Å². The van der Waals surface area contributed by atoms with E-state index in [1.165, 1.54) is 0 Å². The normalized spacial score (nSPS) is 22.6. The summed E-state index contributed by atoms with van der Waals surface area (Å²) in [5.41, 5.74) is 0. The van der Waals surface area contributed by atoms with E-state index in [4.69, 9.17) is 0 Å². The summed E-state index contributed by atoms with van der Waals surface area (Å²) >= 11 is 0. The second kappa shape index (κ2) is 5.48. The summed E-state index contributed by atoms with van der Waals surface area (Å²) in [4.78, 5) is 14.5. The molecule has 0 atom stereocenters. The van der Waals surface area contributed by atoms with E-state index in [9.17, 15) is 4.79 Å². The molecule has 0 radical (unpaired) electrons. The van der Waals surface area contributed by atoms with Crippen molar-refractivity contribution >= 4 is 5.91 Å². The van der Waals surface area contributed by atoms with Crippen molar-refractivity contribution in [2.45, 2.75) is 38.6 Å². The fraction of sp³-hybridized carbons (Fsp3) is 0.769. The van der Waals surface area contributed by atoms with Gasteiger partial charge in [0.15, 0.2) is 0 Å². The number of nitrogens with zero attached hydrogens (tertiary/aromatic N) is 1. The van der Waals surface area contributed by atoms with E-state index in [-0.39, 0.29) is 5.92 Å². The summed E-state index contributed by atoms with van der Waals surface area (Å²) in [6.45, 7) is 5.07. The van der Waals surface area contributed by atoms with E-state index in [1.54, 1.807) is 0 Å². The minimum absolute atomic E-state index is 0.231. The van der Waals surface area contributed by atoms with E-state index >= 15 is 0 Å². The van der Waals surface area contributed by atoms with E-state index < -0.39 is 0 Å². The number of nitrogens with one attached hydrogen (secondary N) is 1. The van der Waals surface area contributed by atoms with Crippen molar-refractivity contribution in [3.63, 3.8) is 0 Å². The van der Waals surface area contributed by atoms with Crippen LogP contribution in [0, 0.1) is 5.92 Å². The fourth-order valence-electron chi connectivity index (χ4n) is 2.77. The van der Waals surface area contributed by atoms with Gasteiger partial charge in [-0.05, 0) is 45.7 Å². The monoisotopic (exact) mass is 222 g/mol. The van der Waals surface area contributed by atoms with Crippen LogP contribution in [0.25, 0.3) is 0 Å². The number of carbonyl (C=O) groups is 1. The number of hydrogen-bond acceptors (Lipinski definition) is 2. The van der Waals surface area contributed by atoms with Gasteiger partial charge in [-0.25, -0.2) is 0 Å². The third-order valence-corrected chi connectivity index (χ3v) is 3.73. The highest BCUT2D eigenvalue weighted by Crippen LogP contribution is 2.23. The maximum atomic E-state index is 12.3. The molecular weight excluding hydrogens is 200 g/mol. The molecule has 3 nitrogen and oxygen atoms in total. The average Bonchev–Trinajstić information content (AvgIpc) is 2.85. The molecule has 0 bridgehead atoms. The maximum absolute atomic E-state index is 12.3. The predicted molar refractivity (Wildman–Crippen MR) is 65.1 cm³/mol. The number of hydrogen-bond donors (Lipinski definition) is 1. The molecule has 0 aromatic carbocycles. The quantitative estimate of drug-likeness (QED) is 0.735. The van der Waals surface area contributed by atoms with Crippen molar-refractivity contribution in [2.75, 3.05) is 19.6 Å². The van der Waals surface area contributed by atoms with Crippen LogP contribution in [0.15, 0.2) is 12.2 Å². The van der Waals surface area contributed by atoms with Gasteiger partial charge in [0.25, 0.3) is 0 Å². The van der Waals surface area contributed by atoms with Gasteiger partial charge in [-0.15, -0.1) is 0 Å². The summed E-state index contributed by atoms with van der Waals surface area (Å²) in [5, 5.41) is 3.35. The molecule has 1 N–H and O–H groups in total. The summed E-state index contributed by atoms with van der Waals surface area (Å²) in [6.07, 6.45) is 8.39. The Bertz CT molecular complexity index is 261. The molecule has 2 rings (SSSR count). The van der Waals surface area contributed by atoms with Crippen molar-refractivity contribution in [3.05, 3.63) is 12.2 Å². The molecule has 1 saturated heterocycles. The summed E-state index contributed by atoms with van der Waals surface area (Å²) in [6, 6.07) is 0.472. The lowest BCUT2D eigenvalue weighted by Gasteiger charge is -2.35. The van der Waals surface area contributed by atoms with Crippen LogP contribution in [0.2, 0.25) is 0 Å². The van der Waals surface area contributed by atoms with Crippen LogP contribution in [0.5, 0.6) is 0 Å². The lowest BCUT2D eigenvalue weighted by atomic mass is 10.00. The Morgan fingerprint density at radius 1 is 1.31 bits per heavy atom. The number of allylic oxidation sites excluding steroid dienone is 2. The van der Waals surface area contributed by atoms with Gasteiger partial charge in [0.05, 0.1) is 0 Å². The molecule has 3 heteroatoms. The second-order valence-corrected chi connectivity index (χ2v) is 4.75. The van der Waals surface area contributed by atoms with Crippen LogP contribution >= 0.6 is 0 Å². The lowest BCUT2D eigenvalue weighted by Crippen LogP contribution is -2.47. The number of piperidine rings is 1. The average molecular weight is 222 g/mol. The first-order chi connectivity index (χ1) is 7.83. The van der Waals surface area contributed by atoms with Crippen LogP contribution in [-0.4, -0.2) is 36.5 Å². The number of rotatable bonds is 3. The summed E-state index contributed by atoms with van der Waals surface area (Å²) < 4.78 is 0. The molecule has 16 heavy (non-hydrogen) atoms. The van der Waals surface area contributed by atoms with Crippen LogP contribution in [0.3, 0.4) is 0 Å². The van der Waals surface area contributed by atoms with Gasteiger partial charge < -0.3 is 10.2 Å². The first-order valence-electron chi connectivity index (χ1n) is 6.49. The third kappa shape index (κ3) is 2.46. The molecule has 90 valence electrons. The van der Waals surface area contributed by atoms with Crippen LogP contribution in [0.1, 0.15) is 32.6 Å². The van der Waals surface area contributed by atoms with E-state index in [0.717, 1.165) is 45.3 Å². The molecule has 1 fully saturated rings. The highest BCUT2D eigenvalue weighted by atomic mass is 16.2. The molecular formula is C13H22N2O. The highest BCUT2D eigenvalue weighted by Gasteiger charge is 2.29. The van der Waals surface area contributed by atoms with Gasteiger partial charge in [-0.1, -0.05) is 12.2 Å². The van der Waals surface area contributed by atoms with Crippen LogP contribution in [0.4, 0.5) is 0 Å². The van der Waals surface area contributed by atoms with Gasteiger partial charge in [-0.2, -0.15) is 0 Å². The van der Waals surface area contributed by atoms with Gasteiger partial charge in [0.2, 0.25) is 5.91 Å². The molecule has 0 aromatic heterocycles. The molecule has 1 aliphatic carbocycles. The molecule has 1 heterocycles. The number of amides is 1. The van der Waals surface area contributed by atoms with Gasteiger partial charge in [-0.3, -0.25) is 4.79 Å². The van der Waals surface area contributed by atoms with Gasteiger partial charge >= 0.3 is 0 Å². The Morgan fingerprint density at radius 3 is 2.50 bits per heavy atom. The predicted octanol–water partition coefficient (Wildman–Crippen LogP) is 1.55. The van der Waals surface area contributed by atoms with Crippen LogP contribution in [-0.2, 0) is 4.79 Å². The first kappa shape index (κ1) is 11.6. The zero-order valence-corrected chi connectivity index (χ0v) is 10.1. The number of carbonyl (C=O) groups excluding carboxylic acids is 1. The summed E-state index contributed by atoms with van der Waals surface area (Å²) in [7, 11) is 0. The first-order valence-corrected chi connectivity index (χ1v) is 6.49. The van der Waals surface area contributed by atoms with E-state index in [0.29, 0.717) is 11.9 Å². The minimum Gasteiger partial charge on any atom is -0.340 e. The molecule has 1 aliphatic heterocycles. The Kier molecular flexibility index (Phi) is 3.99.